The highest BCUT2D eigenvalue weighted by atomic mass is 16.4. The SMILES string of the molecule is O=C(CNCC(=O)c1ccccc1)Nc1cc(C(=O)O)cc(C(=O)O)c1. The summed E-state index contributed by atoms with van der Waals surface area (Å²) in [7, 11) is 0. The van der Waals surface area contributed by atoms with Crippen molar-refractivity contribution in [1.29, 1.82) is 0 Å². The minimum absolute atomic E-state index is 0.0449. The number of nitrogens with one attached hydrogen (secondary N) is 2. The summed E-state index contributed by atoms with van der Waals surface area (Å²) in [5.74, 6) is -3.34. The lowest BCUT2D eigenvalue weighted by molar-refractivity contribution is -0.115. The number of ketones is 1. The molecule has 0 saturated carbocycles. The van der Waals surface area contributed by atoms with Crippen molar-refractivity contribution in [3.63, 3.8) is 0 Å². The molecule has 2 aromatic carbocycles. The summed E-state index contributed by atoms with van der Waals surface area (Å²) in [5.41, 5.74) is 0.0454. The average Bonchev–Trinajstić information content (AvgIpc) is 2.61. The van der Waals surface area contributed by atoms with Gasteiger partial charge in [-0.1, -0.05) is 30.3 Å². The number of anilines is 1. The van der Waals surface area contributed by atoms with Crippen molar-refractivity contribution in [1.82, 2.24) is 5.32 Å². The van der Waals surface area contributed by atoms with Crippen molar-refractivity contribution >= 4 is 29.3 Å². The molecule has 0 bridgehead atoms. The summed E-state index contributed by atoms with van der Waals surface area (Å²) >= 11 is 0. The van der Waals surface area contributed by atoms with E-state index in [1.165, 1.54) is 0 Å². The number of carbonyl (C=O) groups excluding carboxylic acids is 2. The Morgan fingerprint density at radius 1 is 0.769 bits per heavy atom. The van der Waals surface area contributed by atoms with Crippen LogP contribution in [0.3, 0.4) is 0 Å². The maximum absolute atomic E-state index is 11.9. The predicted octanol–water partition coefficient (Wildman–Crippen LogP) is 1.49. The largest absolute Gasteiger partial charge is 0.478 e. The van der Waals surface area contributed by atoms with Crippen molar-refractivity contribution in [3.8, 4) is 0 Å². The van der Waals surface area contributed by atoms with Crippen LogP contribution < -0.4 is 10.6 Å². The molecule has 4 N–H and O–H groups in total. The van der Waals surface area contributed by atoms with Crippen LogP contribution in [0.2, 0.25) is 0 Å². The molecule has 0 atom stereocenters. The Kier molecular flexibility index (Phi) is 6.18. The Bertz CT molecular complexity index is 816. The number of rotatable bonds is 8. The minimum atomic E-state index is -1.31. The third-order valence-corrected chi connectivity index (χ3v) is 3.38. The molecule has 0 aromatic heterocycles. The van der Waals surface area contributed by atoms with Crippen molar-refractivity contribution < 1.29 is 29.4 Å². The zero-order valence-corrected chi connectivity index (χ0v) is 13.6. The van der Waals surface area contributed by atoms with Crippen LogP contribution in [-0.2, 0) is 4.79 Å². The number of carboxylic acids is 2. The van der Waals surface area contributed by atoms with E-state index in [0.717, 1.165) is 18.2 Å². The van der Waals surface area contributed by atoms with Gasteiger partial charge < -0.3 is 20.8 Å². The Labute approximate surface area is 148 Å². The van der Waals surface area contributed by atoms with Gasteiger partial charge in [0.1, 0.15) is 0 Å². The fraction of sp³-hybridized carbons (Fsp3) is 0.111. The van der Waals surface area contributed by atoms with Gasteiger partial charge >= 0.3 is 11.9 Å². The predicted molar refractivity (Wildman–Crippen MR) is 92.6 cm³/mol. The smallest absolute Gasteiger partial charge is 0.335 e. The third kappa shape index (κ3) is 5.25. The number of hydrogen-bond donors (Lipinski definition) is 4. The van der Waals surface area contributed by atoms with Crippen LogP contribution in [0.4, 0.5) is 5.69 Å². The maximum Gasteiger partial charge on any atom is 0.335 e. The molecule has 0 saturated heterocycles. The molecular formula is C18H16N2O6. The molecule has 0 radical (unpaired) electrons. The van der Waals surface area contributed by atoms with Gasteiger partial charge in [-0.2, -0.15) is 0 Å². The summed E-state index contributed by atoms with van der Waals surface area (Å²) in [6, 6.07) is 11.9. The highest BCUT2D eigenvalue weighted by Gasteiger charge is 2.13. The van der Waals surface area contributed by atoms with Gasteiger partial charge in [0.2, 0.25) is 5.91 Å². The summed E-state index contributed by atoms with van der Waals surface area (Å²) in [6.07, 6.45) is 0. The first-order valence-corrected chi connectivity index (χ1v) is 7.57. The second-order valence-electron chi connectivity index (χ2n) is 5.35. The van der Waals surface area contributed by atoms with E-state index in [0.29, 0.717) is 5.56 Å². The van der Waals surface area contributed by atoms with Crippen LogP contribution in [0.5, 0.6) is 0 Å². The highest BCUT2D eigenvalue weighted by Crippen LogP contribution is 2.15. The second-order valence-corrected chi connectivity index (χ2v) is 5.35. The number of carbonyl (C=O) groups is 4. The molecule has 0 aliphatic carbocycles. The molecule has 0 fully saturated rings. The molecule has 2 aromatic rings. The monoisotopic (exact) mass is 356 g/mol. The lowest BCUT2D eigenvalue weighted by Crippen LogP contribution is -2.32. The fourth-order valence-corrected chi connectivity index (χ4v) is 2.17. The second kappa shape index (κ2) is 8.54. The van der Waals surface area contributed by atoms with E-state index in [-0.39, 0.29) is 35.7 Å². The van der Waals surface area contributed by atoms with Crippen molar-refractivity contribution in [2.45, 2.75) is 0 Å². The maximum atomic E-state index is 11.9. The first kappa shape index (κ1) is 18.8. The van der Waals surface area contributed by atoms with Crippen LogP contribution >= 0.6 is 0 Å². The first-order valence-electron chi connectivity index (χ1n) is 7.57. The van der Waals surface area contributed by atoms with Crippen LogP contribution in [0.1, 0.15) is 31.1 Å². The summed E-state index contributed by atoms with van der Waals surface area (Å²) in [5, 5.41) is 23.1. The Hall–Kier alpha value is -3.52. The molecule has 0 heterocycles. The van der Waals surface area contributed by atoms with E-state index in [1.54, 1.807) is 30.3 Å². The fourth-order valence-electron chi connectivity index (χ4n) is 2.17. The van der Waals surface area contributed by atoms with Gasteiger partial charge in [-0.15, -0.1) is 0 Å². The molecule has 0 aliphatic rings. The quantitative estimate of drug-likeness (QED) is 0.527. The van der Waals surface area contributed by atoms with E-state index in [2.05, 4.69) is 10.6 Å². The Morgan fingerprint density at radius 2 is 1.35 bits per heavy atom. The Balaban J connectivity index is 1.94. The van der Waals surface area contributed by atoms with Gasteiger partial charge in [0.05, 0.1) is 24.2 Å². The Morgan fingerprint density at radius 3 is 1.88 bits per heavy atom. The number of aromatic carboxylic acids is 2. The summed E-state index contributed by atoms with van der Waals surface area (Å²) in [4.78, 5) is 45.9. The van der Waals surface area contributed by atoms with E-state index in [4.69, 9.17) is 10.2 Å². The summed E-state index contributed by atoms with van der Waals surface area (Å²) in [6.45, 7) is -0.245. The van der Waals surface area contributed by atoms with E-state index >= 15 is 0 Å². The molecule has 0 unspecified atom stereocenters. The van der Waals surface area contributed by atoms with Crippen molar-refractivity contribution in [2.75, 3.05) is 18.4 Å². The van der Waals surface area contributed by atoms with Gasteiger partial charge in [-0.25, -0.2) is 9.59 Å². The van der Waals surface area contributed by atoms with Crippen LogP contribution in [-0.4, -0.2) is 46.9 Å². The lowest BCUT2D eigenvalue weighted by Gasteiger charge is -2.08. The van der Waals surface area contributed by atoms with E-state index < -0.39 is 17.8 Å². The number of carboxylic acid groups (broad SMARTS) is 2. The molecule has 0 aliphatic heterocycles. The first-order chi connectivity index (χ1) is 12.4. The standard InChI is InChI=1S/C18H16N2O6/c21-15(11-4-2-1-3-5-11)9-19-10-16(22)20-14-7-12(17(23)24)6-13(8-14)18(25)26/h1-8,19H,9-10H2,(H,20,22)(H,23,24)(H,25,26). The minimum Gasteiger partial charge on any atom is -0.478 e. The highest BCUT2D eigenvalue weighted by molar-refractivity contribution is 6.00. The average molecular weight is 356 g/mol. The van der Waals surface area contributed by atoms with Gasteiger partial charge in [0.15, 0.2) is 5.78 Å². The molecule has 8 heteroatoms. The number of Topliss-reactive ketones (excluding diaryl/α,β-unsaturated/α-hetero) is 1. The molecule has 2 rings (SSSR count). The zero-order chi connectivity index (χ0) is 19.1. The molecular weight excluding hydrogens is 340 g/mol. The van der Waals surface area contributed by atoms with Crippen LogP contribution in [0.25, 0.3) is 0 Å². The lowest BCUT2D eigenvalue weighted by atomic mass is 10.1. The number of hydrogen-bond acceptors (Lipinski definition) is 5. The normalized spacial score (nSPS) is 10.2. The van der Waals surface area contributed by atoms with Gasteiger partial charge in [-0.3, -0.25) is 9.59 Å². The van der Waals surface area contributed by atoms with Crippen LogP contribution in [0, 0.1) is 0 Å². The van der Waals surface area contributed by atoms with Gasteiger partial charge in [-0.05, 0) is 18.2 Å². The molecule has 8 nitrogen and oxygen atoms in total. The third-order valence-electron chi connectivity index (χ3n) is 3.38. The molecule has 1 amide bonds. The summed E-state index contributed by atoms with van der Waals surface area (Å²) < 4.78 is 0. The van der Waals surface area contributed by atoms with Crippen molar-refractivity contribution in [3.05, 3.63) is 65.2 Å². The molecule has 0 spiro atoms. The number of amides is 1. The van der Waals surface area contributed by atoms with Crippen LogP contribution in [0.15, 0.2) is 48.5 Å². The zero-order valence-electron chi connectivity index (χ0n) is 13.6. The molecule has 26 heavy (non-hydrogen) atoms. The molecule has 134 valence electrons. The van der Waals surface area contributed by atoms with Gasteiger partial charge in [0.25, 0.3) is 0 Å². The van der Waals surface area contributed by atoms with Crippen molar-refractivity contribution in [2.24, 2.45) is 0 Å². The van der Waals surface area contributed by atoms with E-state index in [1.807, 2.05) is 0 Å². The van der Waals surface area contributed by atoms with E-state index in [9.17, 15) is 19.2 Å². The number of benzene rings is 2. The van der Waals surface area contributed by atoms with Gasteiger partial charge in [0, 0.05) is 11.3 Å². The topological polar surface area (TPSA) is 133 Å².